The number of ether oxygens (including phenoxy) is 1. The Morgan fingerprint density at radius 2 is 1.95 bits per heavy atom. The third-order valence-electron chi connectivity index (χ3n) is 3.23. The van der Waals surface area contributed by atoms with Crippen LogP contribution in [0.25, 0.3) is 0 Å². The highest BCUT2D eigenvalue weighted by molar-refractivity contribution is 5.78. The first-order valence-corrected chi connectivity index (χ1v) is 7.49. The second-order valence-corrected chi connectivity index (χ2v) is 5.93. The summed E-state index contributed by atoms with van der Waals surface area (Å²) in [7, 11) is 0. The van der Waals surface area contributed by atoms with Gasteiger partial charge >= 0.3 is 5.97 Å². The Balaban J connectivity index is 2.65. The lowest BCUT2D eigenvalue weighted by Crippen LogP contribution is -2.39. The molecule has 0 spiro atoms. The molecule has 0 fully saturated rings. The van der Waals surface area contributed by atoms with Crippen molar-refractivity contribution in [3.05, 3.63) is 29.3 Å². The molecule has 0 saturated heterocycles. The number of amides is 1. The minimum absolute atomic E-state index is 0.0536. The molecule has 0 aliphatic carbocycles. The summed E-state index contributed by atoms with van der Waals surface area (Å²) in [6, 6.07) is 5.83. The van der Waals surface area contributed by atoms with Crippen LogP contribution in [-0.2, 0) is 9.59 Å². The molecule has 1 amide bonds. The van der Waals surface area contributed by atoms with Gasteiger partial charge in [-0.15, -0.1) is 0 Å². The third kappa shape index (κ3) is 6.16. The van der Waals surface area contributed by atoms with Gasteiger partial charge in [0, 0.05) is 13.1 Å². The van der Waals surface area contributed by atoms with Crippen LogP contribution in [0.4, 0.5) is 0 Å². The van der Waals surface area contributed by atoms with Gasteiger partial charge in [0.05, 0.1) is 6.42 Å². The van der Waals surface area contributed by atoms with Crippen LogP contribution in [0.5, 0.6) is 5.75 Å². The number of aryl methyl sites for hydroxylation is 2. The summed E-state index contributed by atoms with van der Waals surface area (Å²) in [6.07, 6.45) is -0.0536. The van der Waals surface area contributed by atoms with E-state index in [1.807, 2.05) is 45.9 Å². The van der Waals surface area contributed by atoms with Crippen LogP contribution in [0.3, 0.4) is 0 Å². The van der Waals surface area contributed by atoms with Crippen molar-refractivity contribution in [3.8, 4) is 5.75 Å². The van der Waals surface area contributed by atoms with Crippen molar-refractivity contribution in [2.75, 3.05) is 19.7 Å². The number of carbonyl (C=O) groups excluding carboxylic acids is 1. The predicted octanol–water partition coefficient (Wildman–Crippen LogP) is 2.64. The molecule has 0 saturated carbocycles. The van der Waals surface area contributed by atoms with Crippen LogP contribution >= 0.6 is 0 Å². The monoisotopic (exact) mass is 307 g/mol. The molecule has 122 valence electrons. The summed E-state index contributed by atoms with van der Waals surface area (Å²) in [5.41, 5.74) is 2.04. The van der Waals surface area contributed by atoms with Gasteiger partial charge in [0.25, 0.3) is 5.91 Å². The standard InChI is InChI=1S/C17H25NO4/c1-12(2)10-18(8-7-17(20)21)16(19)11-22-15-9-13(3)5-6-14(15)4/h5-6,9,12H,7-8,10-11H2,1-4H3,(H,20,21). The fourth-order valence-electron chi connectivity index (χ4n) is 2.08. The molecule has 1 aromatic rings. The highest BCUT2D eigenvalue weighted by Crippen LogP contribution is 2.19. The Morgan fingerprint density at radius 1 is 1.27 bits per heavy atom. The van der Waals surface area contributed by atoms with Crippen LogP contribution in [0, 0.1) is 19.8 Å². The first kappa shape index (κ1) is 18.0. The fraction of sp³-hybridized carbons (Fsp3) is 0.529. The Kier molecular flexibility index (Phi) is 6.89. The normalized spacial score (nSPS) is 10.6. The molecule has 0 unspecified atom stereocenters. The van der Waals surface area contributed by atoms with E-state index in [2.05, 4.69) is 0 Å². The van der Waals surface area contributed by atoms with Crippen molar-refractivity contribution in [3.63, 3.8) is 0 Å². The number of benzene rings is 1. The zero-order chi connectivity index (χ0) is 16.7. The summed E-state index contributed by atoms with van der Waals surface area (Å²) in [5.74, 6) is -0.123. The van der Waals surface area contributed by atoms with E-state index in [0.717, 1.165) is 11.1 Å². The zero-order valence-electron chi connectivity index (χ0n) is 13.8. The fourth-order valence-corrected chi connectivity index (χ4v) is 2.08. The van der Waals surface area contributed by atoms with E-state index < -0.39 is 5.97 Å². The lowest BCUT2D eigenvalue weighted by Gasteiger charge is -2.24. The van der Waals surface area contributed by atoms with E-state index >= 15 is 0 Å². The van der Waals surface area contributed by atoms with Gasteiger partial charge in [-0.05, 0) is 37.0 Å². The first-order chi connectivity index (χ1) is 10.3. The van der Waals surface area contributed by atoms with Gasteiger partial charge in [-0.2, -0.15) is 0 Å². The number of carboxylic acids is 1. The molecular formula is C17H25NO4. The number of hydrogen-bond donors (Lipinski definition) is 1. The molecule has 22 heavy (non-hydrogen) atoms. The second kappa shape index (κ2) is 8.41. The highest BCUT2D eigenvalue weighted by Gasteiger charge is 2.17. The molecule has 0 bridgehead atoms. The molecule has 1 N–H and O–H groups in total. The van der Waals surface area contributed by atoms with E-state index in [1.165, 1.54) is 0 Å². The van der Waals surface area contributed by atoms with Crippen LogP contribution in [0.1, 0.15) is 31.4 Å². The van der Waals surface area contributed by atoms with Gasteiger partial charge in [-0.1, -0.05) is 26.0 Å². The minimum atomic E-state index is -0.906. The number of carbonyl (C=O) groups is 2. The molecule has 5 heteroatoms. The van der Waals surface area contributed by atoms with Crippen LogP contribution in [-0.4, -0.2) is 41.6 Å². The maximum atomic E-state index is 12.3. The van der Waals surface area contributed by atoms with Crippen LogP contribution in [0.15, 0.2) is 18.2 Å². The number of nitrogens with zero attached hydrogens (tertiary/aromatic N) is 1. The lowest BCUT2D eigenvalue weighted by molar-refractivity contribution is -0.139. The Hall–Kier alpha value is -2.04. The first-order valence-electron chi connectivity index (χ1n) is 7.49. The number of rotatable bonds is 8. The number of carboxylic acid groups (broad SMARTS) is 1. The summed E-state index contributed by atoms with van der Waals surface area (Å²) >= 11 is 0. The summed E-state index contributed by atoms with van der Waals surface area (Å²) in [4.78, 5) is 24.5. The SMILES string of the molecule is Cc1ccc(C)c(OCC(=O)N(CCC(=O)O)CC(C)C)c1. The largest absolute Gasteiger partial charge is 0.483 e. The van der Waals surface area contributed by atoms with E-state index in [1.54, 1.807) is 4.90 Å². The molecule has 1 rings (SSSR count). The van der Waals surface area contributed by atoms with Crippen molar-refractivity contribution < 1.29 is 19.4 Å². The van der Waals surface area contributed by atoms with Crippen LogP contribution < -0.4 is 4.74 Å². The van der Waals surface area contributed by atoms with E-state index in [-0.39, 0.29) is 31.4 Å². The molecule has 5 nitrogen and oxygen atoms in total. The zero-order valence-corrected chi connectivity index (χ0v) is 13.8. The molecule has 0 atom stereocenters. The molecule has 0 aromatic heterocycles. The number of hydrogen-bond acceptors (Lipinski definition) is 3. The lowest BCUT2D eigenvalue weighted by atomic mass is 10.1. The quantitative estimate of drug-likeness (QED) is 0.802. The summed E-state index contributed by atoms with van der Waals surface area (Å²) in [5, 5.41) is 8.78. The van der Waals surface area contributed by atoms with Crippen LogP contribution in [0.2, 0.25) is 0 Å². The van der Waals surface area contributed by atoms with Gasteiger partial charge in [0.15, 0.2) is 6.61 Å². The number of aliphatic carboxylic acids is 1. The topological polar surface area (TPSA) is 66.8 Å². The molecular weight excluding hydrogens is 282 g/mol. The van der Waals surface area contributed by atoms with Crippen molar-refractivity contribution in [2.24, 2.45) is 5.92 Å². The average molecular weight is 307 g/mol. The van der Waals surface area contributed by atoms with E-state index in [0.29, 0.717) is 12.3 Å². The summed E-state index contributed by atoms with van der Waals surface area (Å²) < 4.78 is 5.61. The van der Waals surface area contributed by atoms with Gasteiger partial charge < -0.3 is 14.7 Å². The summed E-state index contributed by atoms with van der Waals surface area (Å²) in [6.45, 7) is 8.54. The molecule has 0 radical (unpaired) electrons. The predicted molar refractivity (Wildman–Crippen MR) is 85.1 cm³/mol. The minimum Gasteiger partial charge on any atom is -0.483 e. The highest BCUT2D eigenvalue weighted by atomic mass is 16.5. The second-order valence-electron chi connectivity index (χ2n) is 5.93. The van der Waals surface area contributed by atoms with Gasteiger partial charge in [0.2, 0.25) is 0 Å². The Labute approximate surface area is 131 Å². The van der Waals surface area contributed by atoms with E-state index in [9.17, 15) is 9.59 Å². The van der Waals surface area contributed by atoms with Gasteiger partial charge in [-0.3, -0.25) is 9.59 Å². The average Bonchev–Trinajstić information content (AvgIpc) is 2.43. The third-order valence-corrected chi connectivity index (χ3v) is 3.23. The molecule has 0 aliphatic heterocycles. The van der Waals surface area contributed by atoms with Crippen molar-refractivity contribution >= 4 is 11.9 Å². The van der Waals surface area contributed by atoms with Crippen molar-refractivity contribution in [2.45, 2.75) is 34.1 Å². The maximum Gasteiger partial charge on any atom is 0.305 e. The smallest absolute Gasteiger partial charge is 0.305 e. The van der Waals surface area contributed by atoms with Crippen molar-refractivity contribution in [1.82, 2.24) is 4.90 Å². The van der Waals surface area contributed by atoms with Gasteiger partial charge in [-0.25, -0.2) is 0 Å². The maximum absolute atomic E-state index is 12.3. The molecule has 0 heterocycles. The Morgan fingerprint density at radius 3 is 2.55 bits per heavy atom. The Bertz CT molecular complexity index is 525. The van der Waals surface area contributed by atoms with E-state index in [4.69, 9.17) is 9.84 Å². The molecule has 1 aromatic carbocycles. The molecule has 0 aliphatic rings. The van der Waals surface area contributed by atoms with Gasteiger partial charge in [0.1, 0.15) is 5.75 Å². The van der Waals surface area contributed by atoms with Crippen molar-refractivity contribution in [1.29, 1.82) is 0 Å².